The average Bonchev–Trinajstić information content (AvgIpc) is 2.56. The minimum Gasteiger partial charge on any atom is -0.497 e. The van der Waals surface area contributed by atoms with Crippen molar-refractivity contribution in [2.75, 3.05) is 14.2 Å². The van der Waals surface area contributed by atoms with Crippen LogP contribution in [0, 0.1) is 0 Å². The van der Waals surface area contributed by atoms with E-state index in [0.717, 1.165) is 33.8 Å². The lowest BCUT2D eigenvalue weighted by atomic mass is 10.1. The predicted molar refractivity (Wildman–Crippen MR) is 95.7 cm³/mol. The average molecular weight is 344 g/mol. The lowest BCUT2D eigenvalue weighted by Crippen LogP contribution is -2.18. The number of ether oxygens (including phenoxy) is 1. The van der Waals surface area contributed by atoms with Crippen molar-refractivity contribution in [1.29, 1.82) is 0 Å². The Morgan fingerprint density at radius 1 is 1.08 bits per heavy atom. The number of methoxy groups -OCH3 is 1. The van der Waals surface area contributed by atoms with Crippen LogP contribution in [0.3, 0.4) is 0 Å². The Balaban J connectivity index is 1.87. The highest BCUT2D eigenvalue weighted by Crippen LogP contribution is 2.24. The third kappa shape index (κ3) is 3.78. The van der Waals surface area contributed by atoms with Gasteiger partial charge in [-0.3, -0.25) is 4.90 Å². The van der Waals surface area contributed by atoms with Crippen LogP contribution in [0.1, 0.15) is 11.1 Å². The fraction of sp³-hybridized carbons (Fsp3) is 0.211. The van der Waals surface area contributed by atoms with Gasteiger partial charge in [0.05, 0.1) is 7.11 Å². The Bertz CT molecular complexity index is 903. The Morgan fingerprint density at radius 2 is 1.83 bits per heavy atom. The zero-order valence-electron chi connectivity index (χ0n) is 13.6. The van der Waals surface area contributed by atoms with Gasteiger partial charge in [0.25, 0.3) is 0 Å². The third-order valence-corrected chi connectivity index (χ3v) is 4.09. The summed E-state index contributed by atoms with van der Waals surface area (Å²) in [5, 5.41) is 1.61. The fourth-order valence-corrected chi connectivity index (χ4v) is 2.84. The van der Waals surface area contributed by atoms with Crippen molar-refractivity contribution >= 4 is 22.6 Å². The second kappa shape index (κ2) is 7.07. The van der Waals surface area contributed by atoms with Crippen LogP contribution >= 0.6 is 11.6 Å². The molecule has 0 fully saturated rings. The van der Waals surface area contributed by atoms with Gasteiger partial charge in [0.15, 0.2) is 0 Å². The highest BCUT2D eigenvalue weighted by molar-refractivity contribution is 6.30. The lowest BCUT2D eigenvalue weighted by Gasteiger charge is -2.18. The van der Waals surface area contributed by atoms with Gasteiger partial charge < -0.3 is 9.15 Å². The summed E-state index contributed by atoms with van der Waals surface area (Å²) in [7, 11) is 3.63. The number of nitrogens with zero attached hydrogens (tertiary/aromatic N) is 1. The molecule has 0 spiro atoms. The van der Waals surface area contributed by atoms with Crippen molar-refractivity contribution in [2.24, 2.45) is 0 Å². The van der Waals surface area contributed by atoms with Crippen LogP contribution in [0.5, 0.6) is 5.75 Å². The molecule has 3 aromatic rings. The van der Waals surface area contributed by atoms with E-state index in [0.29, 0.717) is 12.1 Å². The molecule has 0 amide bonds. The first kappa shape index (κ1) is 16.6. The summed E-state index contributed by atoms with van der Waals surface area (Å²) in [6, 6.07) is 14.7. The molecule has 0 N–H and O–H groups in total. The van der Waals surface area contributed by atoms with Crippen molar-refractivity contribution in [3.05, 3.63) is 75.1 Å². The summed E-state index contributed by atoms with van der Waals surface area (Å²) >= 11 is 5.92. The van der Waals surface area contributed by atoms with Gasteiger partial charge in [0.2, 0.25) is 0 Å². The summed E-state index contributed by atoms with van der Waals surface area (Å²) in [6.07, 6.45) is 0. The summed E-state index contributed by atoms with van der Waals surface area (Å²) in [5.74, 6) is 0.734. The van der Waals surface area contributed by atoms with E-state index in [9.17, 15) is 4.79 Å². The van der Waals surface area contributed by atoms with E-state index in [-0.39, 0.29) is 5.63 Å². The monoisotopic (exact) mass is 343 g/mol. The summed E-state index contributed by atoms with van der Waals surface area (Å²) in [6.45, 7) is 1.38. The molecule has 5 heteroatoms. The Morgan fingerprint density at radius 3 is 2.54 bits per heavy atom. The zero-order chi connectivity index (χ0) is 17.1. The molecular weight excluding hydrogens is 326 g/mol. The third-order valence-electron chi connectivity index (χ3n) is 3.84. The Kier molecular flexibility index (Phi) is 4.88. The quantitative estimate of drug-likeness (QED) is 0.654. The molecule has 2 aromatic carbocycles. The zero-order valence-corrected chi connectivity index (χ0v) is 14.3. The molecule has 124 valence electrons. The molecule has 0 bridgehead atoms. The second-order valence-corrected chi connectivity index (χ2v) is 6.19. The van der Waals surface area contributed by atoms with Gasteiger partial charge >= 0.3 is 5.63 Å². The largest absolute Gasteiger partial charge is 0.497 e. The number of hydrogen-bond donors (Lipinski definition) is 0. The normalized spacial score (nSPS) is 11.2. The van der Waals surface area contributed by atoms with Gasteiger partial charge in [-0.25, -0.2) is 4.79 Å². The van der Waals surface area contributed by atoms with Crippen molar-refractivity contribution in [1.82, 2.24) is 4.90 Å². The number of fused-ring (bicyclic) bond motifs is 1. The summed E-state index contributed by atoms with van der Waals surface area (Å²) in [5.41, 5.74) is 2.30. The van der Waals surface area contributed by atoms with Crippen LogP contribution in [0.25, 0.3) is 11.0 Å². The van der Waals surface area contributed by atoms with E-state index in [4.69, 9.17) is 20.8 Å². The van der Waals surface area contributed by atoms with Crippen molar-refractivity contribution in [2.45, 2.75) is 13.1 Å². The molecule has 1 heterocycles. The Labute approximate surface area is 145 Å². The van der Waals surface area contributed by atoms with Gasteiger partial charge in [-0.1, -0.05) is 23.7 Å². The topological polar surface area (TPSA) is 42.7 Å². The van der Waals surface area contributed by atoms with Crippen LogP contribution in [0.4, 0.5) is 0 Å². The highest BCUT2D eigenvalue weighted by atomic mass is 35.5. The fourth-order valence-electron chi connectivity index (χ4n) is 2.71. The van der Waals surface area contributed by atoms with E-state index in [1.165, 1.54) is 0 Å². The van der Waals surface area contributed by atoms with E-state index < -0.39 is 0 Å². The molecule has 24 heavy (non-hydrogen) atoms. The van der Waals surface area contributed by atoms with Crippen molar-refractivity contribution < 1.29 is 9.15 Å². The number of halogens is 1. The van der Waals surface area contributed by atoms with Gasteiger partial charge in [-0.15, -0.1) is 0 Å². The first-order valence-electron chi connectivity index (χ1n) is 7.59. The summed E-state index contributed by atoms with van der Waals surface area (Å²) in [4.78, 5) is 13.9. The standard InChI is InChI=1S/C19H18ClNO3/c1-21(11-13-3-5-15(20)6-4-13)12-14-9-19(22)24-18-8-7-16(23-2)10-17(14)18/h3-10H,11-12H2,1-2H3. The van der Waals surface area contributed by atoms with Crippen LogP contribution < -0.4 is 10.4 Å². The minimum absolute atomic E-state index is 0.345. The number of hydrogen-bond acceptors (Lipinski definition) is 4. The lowest BCUT2D eigenvalue weighted by molar-refractivity contribution is 0.319. The SMILES string of the molecule is COc1ccc2oc(=O)cc(CN(C)Cc3ccc(Cl)cc3)c2c1. The maximum Gasteiger partial charge on any atom is 0.336 e. The molecule has 4 nitrogen and oxygen atoms in total. The van der Waals surface area contributed by atoms with Crippen molar-refractivity contribution in [3.63, 3.8) is 0 Å². The van der Waals surface area contributed by atoms with Gasteiger partial charge in [-0.05, 0) is 48.5 Å². The first-order valence-corrected chi connectivity index (χ1v) is 7.97. The van der Waals surface area contributed by atoms with Gasteiger partial charge in [0.1, 0.15) is 11.3 Å². The molecular formula is C19H18ClNO3. The van der Waals surface area contributed by atoms with E-state index in [2.05, 4.69) is 4.90 Å². The van der Waals surface area contributed by atoms with E-state index >= 15 is 0 Å². The van der Waals surface area contributed by atoms with Crippen LogP contribution in [-0.4, -0.2) is 19.1 Å². The smallest absolute Gasteiger partial charge is 0.336 e. The molecule has 0 atom stereocenters. The predicted octanol–water partition coefficient (Wildman–Crippen LogP) is 4.09. The maximum absolute atomic E-state index is 11.8. The van der Waals surface area contributed by atoms with E-state index in [1.54, 1.807) is 25.3 Å². The Hall–Kier alpha value is -2.30. The van der Waals surface area contributed by atoms with E-state index in [1.807, 2.05) is 37.4 Å². The van der Waals surface area contributed by atoms with Crippen LogP contribution in [0.2, 0.25) is 5.02 Å². The number of benzene rings is 2. The molecule has 0 saturated heterocycles. The molecule has 1 aromatic heterocycles. The van der Waals surface area contributed by atoms with Crippen LogP contribution in [0.15, 0.2) is 57.7 Å². The second-order valence-electron chi connectivity index (χ2n) is 5.75. The molecule has 0 unspecified atom stereocenters. The molecule has 0 radical (unpaired) electrons. The minimum atomic E-state index is -0.345. The molecule has 0 aliphatic heterocycles. The van der Waals surface area contributed by atoms with Gasteiger partial charge in [0, 0.05) is 29.6 Å². The highest BCUT2D eigenvalue weighted by Gasteiger charge is 2.10. The molecule has 0 aliphatic rings. The maximum atomic E-state index is 11.8. The first-order chi connectivity index (χ1) is 11.5. The van der Waals surface area contributed by atoms with Crippen molar-refractivity contribution in [3.8, 4) is 5.75 Å². The summed E-state index contributed by atoms with van der Waals surface area (Å²) < 4.78 is 10.5. The molecule has 3 rings (SSSR count). The molecule has 0 aliphatic carbocycles. The van der Waals surface area contributed by atoms with Gasteiger partial charge in [-0.2, -0.15) is 0 Å². The molecule has 0 saturated carbocycles. The van der Waals surface area contributed by atoms with Crippen LogP contribution in [-0.2, 0) is 13.1 Å². The number of rotatable bonds is 5.